The summed E-state index contributed by atoms with van der Waals surface area (Å²) in [4.78, 5) is 4.00. The third kappa shape index (κ3) is 3.37. The summed E-state index contributed by atoms with van der Waals surface area (Å²) in [5.41, 5.74) is 2.79. The molecule has 0 aliphatic rings. The first kappa shape index (κ1) is 18.8. The standard InChI is InChI=1S/C23H15FN2O2S/c1-15-5-4-6-17(9-15)23-20-7-2-3-8-21(20)26-14-22(23)29(27,28)19-11-16(13-25)10-18(24)12-19/h2-12,14H,1H3. The smallest absolute Gasteiger partial charge is 0.208 e. The number of benzene rings is 3. The molecule has 4 rings (SSSR count). The Morgan fingerprint density at radius 3 is 2.55 bits per heavy atom. The minimum Gasteiger partial charge on any atom is -0.255 e. The zero-order chi connectivity index (χ0) is 20.6. The molecule has 0 amide bonds. The molecule has 1 heterocycles. The van der Waals surface area contributed by atoms with Crippen molar-refractivity contribution in [3.63, 3.8) is 0 Å². The number of para-hydroxylation sites is 1. The van der Waals surface area contributed by atoms with Gasteiger partial charge in [-0.05, 0) is 36.8 Å². The van der Waals surface area contributed by atoms with E-state index in [4.69, 9.17) is 5.26 Å². The monoisotopic (exact) mass is 402 g/mol. The van der Waals surface area contributed by atoms with Crippen LogP contribution in [0, 0.1) is 24.1 Å². The lowest BCUT2D eigenvalue weighted by atomic mass is 10.00. The molecule has 0 fully saturated rings. The maximum Gasteiger partial charge on any atom is 0.208 e. The highest BCUT2D eigenvalue weighted by molar-refractivity contribution is 7.91. The first-order valence-electron chi connectivity index (χ1n) is 8.81. The third-order valence-electron chi connectivity index (χ3n) is 4.65. The maximum atomic E-state index is 14.0. The summed E-state index contributed by atoms with van der Waals surface area (Å²) >= 11 is 0. The Morgan fingerprint density at radius 2 is 1.79 bits per heavy atom. The van der Waals surface area contributed by atoms with Crippen molar-refractivity contribution < 1.29 is 12.8 Å². The predicted octanol–water partition coefficient (Wildman–Crippen LogP) is 5.05. The molecule has 0 saturated heterocycles. The van der Waals surface area contributed by atoms with Gasteiger partial charge in [-0.2, -0.15) is 5.26 Å². The minimum absolute atomic E-state index is 0.0312. The van der Waals surface area contributed by atoms with Crippen LogP contribution in [0.1, 0.15) is 11.1 Å². The van der Waals surface area contributed by atoms with Gasteiger partial charge in [-0.15, -0.1) is 0 Å². The molecule has 0 bridgehead atoms. The van der Waals surface area contributed by atoms with E-state index in [-0.39, 0.29) is 15.4 Å². The second kappa shape index (κ2) is 7.12. The molecule has 0 aliphatic carbocycles. The lowest BCUT2D eigenvalue weighted by Gasteiger charge is -2.14. The molecule has 0 spiro atoms. The quantitative estimate of drug-likeness (QED) is 0.481. The van der Waals surface area contributed by atoms with Gasteiger partial charge in [-0.3, -0.25) is 4.98 Å². The van der Waals surface area contributed by atoms with Gasteiger partial charge in [0.15, 0.2) is 0 Å². The molecule has 0 unspecified atom stereocenters. The van der Waals surface area contributed by atoms with E-state index in [1.807, 2.05) is 49.4 Å². The first-order valence-corrected chi connectivity index (χ1v) is 10.3. The van der Waals surface area contributed by atoms with Gasteiger partial charge >= 0.3 is 0 Å². The van der Waals surface area contributed by atoms with Gasteiger partial charge in [0.05, 0.1) is 26.9 Å². The van der Waals surface area contributed by atoms with E-state index < -0.39 is 15.7 Å². The fraction of sp³-hybridized carbons (Fsp3) is 0.0435. The predicted molar refractivity (Wildman–Crippen MR) is 108 cm³/mol. The van der Waals surface area contributed by atoms with Gasteiger partial charge in [0, 0.05) is 17.1 Å². The molecule has 0 N–H and O–H groups in total. The Morgan fingerprint density at radius 1 is 1.00 bits per heavy atom. The lowest BCUT2D eigenvalue weighted by molar-refractivity contribution is 0.590. The Balaban J connectivity index is 2.08. The number of hydrogen-bond acceptors (Lipinski definition) is 4. The zero-order valence-electron chi connectivity index (χ0n) is 15.4. The second-order valence-electron chi connectivity index (χ2n) is 6.67. The van der Waals surface area contributed by atoms with Crippen LogP contribution in [0.3, 0.4) is 0 Å². The summed E-state index contributed by atoms with van der Waals surface area (Å²) in [5, 5.41) is 9.78. The van der Waals surface area contributed by atoms with Crippen molar-refractivity contribution in [1.29, 1.82) is 5.26 Å². The van der Waals surface area contributed by atoms with Gasteiger partial charge in [0.2, 0.25) is 9.84 Å². The van der Waals surface area contributed by atoms with E-state index >= 15 is 0 Å². The van der Waals surface area contributed by atoms with Crippen LogP contribution in [-0.4, -0.2) is 13.4 Å². The third-order valence-corrected chi connectivity index (χ3v) is 6.39. The van der Waals surface area contributed by atoms with Gasteiger partial charge in [0.25, 0.3) is 0 Å². The molecule has 6 heteroatoms. The molecular weight excluding hydrogens is 387 g/mol. The van der Waals surface area contributed by atoms with Crippen molar-refractivity contribution in [2.24, 2.45) is 0 Å². The van der Waals surface area contributed by atoms with Crippen LogP contribution < -0.4 is 0 Å². The Bertz CT molecular complexity index is 1410. The summed E-state index contributed by atoms with van der Waals surface area (Å²) in [7, 11) is -4.13. The van der Waals surface area contributed by atoms with Crippen LogP contribution in [0.4, 0.5) is 4.39 Å². The number of aromatic nitrogens is 1. The van der Waals surface area contributed by atoms with Crippen LogP contribution in [0.15, 0.2) is 82.7 Å². The summed E-state index contributed by atoms with van der Waals surface area (Å²) in [5.74, 6) is -0.784. The largest absolute Gasteiger partial charge is 0.255 e. The van der Waals surface area contributed by atoms with Crippen LogP contribution >= 0.6 is 0 Å². The topological polar surface area (TPSA) is 70.8 Å². The number of pyridine rings is 1. The highest BCUT2D eigenvalue weighted by Gasteiger charge is 2.25. The molecule has 0 aliphatic heterocycles. The van der Waals surface area contributed by atoms with E-state index in [0.29, 0.717) is 16.5 Å². The van der Waals surface area contributed by atoms with Crippen molar-refractivity contribution in [1.82, 2.24) is 4.98 Å². The van der Waals surface area contributed by atoms with Gasteiger partial charge < -0.3 is 0 Å². The molecular formula is C23H15FN2O2S. The van der Waals surface area contributed by atoms with E-state index in [1.165, 1.54) is 12.3 Å². The summed E-state index contributed by atoms with van der Waals surface area (Å²) in [6, 6.07) is 19.7. The van der Waals surface area contributed by atoms with Crippen LogP contribution in [0.2, 0.25) is 0 Å². The molecule has 0 atom stereocenters. The lowest BCUT2D eigenvalue weighted by Crippen LogP contribution is -2.06. The number of nitrogens with zero attached hydrogens (tertiary/aromatic N) is 2. The molecule has 1 aromatic heterocycles. The average molecular weight is 402 g/mol. The Labute approximate surface area is 167 Å². The number of sulfone groups is 1. The Kier molecular flexibility index (Phi) is 4.61. The number of rotatable bonds is 3. The Hall–Kier alpha value is -3.56. The van der Waals surface area contributed by atoms with Crippen molar-refractivity contribution in [3.05, 3.63) is 89.9 Å². The molecule has 0 saturated carbocycles. The van der Waals surface area contributed by atoms with E-state index in [9.17, 15) is 12.8 Å². The van der Waals surface area contributed by atoms with E-state index in [2.05, 4.69) is 4.98 Å². The van der Waals surface area contributed by atoms with E-state index in [1.54, 1.807) is 12.1 Å². The van der Waals surface area contributed by atoms with Crippen molar-refractivity contribution in [2.75, 3.05) is 0 Å². The number of fused-ring (bicyclic) bond motifs is 1. The summed E-state index contributed by atoms with van der Waals surface area (Å²) in [6.45, 7) is 1.92. The number of halogens is 1. The fourth-order valence-corrected chi connectivity index (χ4v) is 4.83. The van der Waals surface area contributed by atoms with E-state index in [0.717, 1.165) is 23.3 Å². The van der Waals surface area contributed by atoms with Crippen molar-refractivity contribution in [3.8, 4) is 17.2 Å². The van der Waals surface area contributed by atoms with Gasteiger partial charge in [0.1, 0.15) is 5.82 Å². The molecule has 29 heavy (non-hydrogen) atoms. The van der Waals surface area contributed by atoms with Crippen LogP contribution in [0.5, 0.6) is 0 Å². The number of nitriles is 1. The molecule has 4 nitrogen and oxygen atoms in total. The average Bonchev–Trinajstić information content (AvgIpc) is 2.72. The first-order chi connectivity index (χ1) is 13.9. The SMILES string of the molecule is Cc1cccc(-c2c(S(=O)(=O)c3cc(F)cc(C#N)c3)cnc3ccccc23)c1. The molecule has 0 radical (unpaired) electrons. The second-order valence-corrected chi connectivity index (χ2v) is 8.59. The fourth-order valence-electron chi connectivity index (χ4n) is 3.33. The molecule has 3 aromatic carbocycles. The van der Waals surface area contributed by atoms with Crippen molar-refractivity contribution in [2.45, 2.75) is 16.7 Å². The highest BCUT2D eigenvalue weighted by Crippen LogP contribution is 2.37. The zero-order valence-corrected chi connectivity index (χ0v) is 16.2. The number of aryl methyl sites for hydroxylation is 1. The summed E-state index contributed by atoms with van der Waals surface area (Å²) in [6.07, 6.45) is 1.30. The minimum atomic E-state index is -4.13. The molecule has 142 valence electrons. The van der Waals surface area contributed by atoms with Gasteiger partial charge in [-0.1, -0.05) is 48.0 Å². The van der Waals surface area contributed by atoms with Crippen molar-refractivity contribution >= 4 is 20.7 Å². The maximum absolute atomic E-state index is 14.0. The summed E-state index contributed by atoms with van der Waals surface area (Å²) < 4.78 is 40.9. The van der Waals surface area contributed by atoms with Gasteiger partial charge in [-0.25, -0.2) is 12.8 Å². The molecule has 4 aromatic rings. The van der Waals surface area contributed by atoms with Crippen LogP contribution in [-0.2, 0) is 9.84 Å². The van der Waals surface area contributed by atoms with Crippen LogP contribution in [0.25, 0.3) is 22.0 Å². The number of hydrogen-bond donors (Lipinski definition) is 0. The highest BCUT2D eigenvalue weighted by atomic mass is 32.2. The normalized spacial score (nSPS) is 11.3.